The van der Waals surface area contributed by atoms with Crippen molar-refractivity contribution in [3.63, 3.8) is 0 Å². The fourth-order valence-electron chi connectivity index (χ4n) is 1.89. The third kappa shape index (κ3) is 5.63. The van der Waals surface area contributed by atoms with E-state index in [1.54, 1.807) is 13.3 Å². The summed E-state index contributed by atoms with van der Waals surface area (Å²) in [6.45, 7) is 2.18. The van der Waals surface area contributed by atoms with Crippen LogP contribution in [0.3, 0.4) is 0 Å². The van der Waals surface area contributed by atoms with Crippen LogP contribution >= 0.6 is 23.8 Å². The van der Waals surface area contributed by atoms with Crippen LogP contribution in [0.5, 0.6) is 0 Å². The highest BCUT2D eigenvalue weighted by atomic mass is 35.5. The predicted octanol–water partition coefficient (Wildman–Crippen LogP) is 2.91. The molecule has 0 saturated carbocycles. The summed E-state index contributed by atoms with van der Waals surface area (Å²) in [6.07, 6.45) is 4.57. The Morgan fingerprint density at radius 2 is 2.14 bits per heavy atom. The molecule has 2 N–H and O–H groups in total. The Kier molecular flexibility index (Phi) is 6.64. The van der Waals surface area contributed by atoms with Gasteiger partial charge in [-0.2, -0.15) is 5.10 Å². The lowest BCUT2D eigenvalue weighted by molar-refractivity contribution is 0.196. The van der Waals surface area contributed by atoms with E-state index in [1.165, 1.54) is 0 Å². The second-order valence-electron chi connectivity index (χ2n) is 4.78. The number of thiocarbonyl (C=S) groups is 1. The van der Waals surface area contributed by atoms with Crippen molar-refractivity contribution in [2.75, 3.05) is 25.6 Å². The number of ether oxygens (including phenoxy) is 1. The summed E-state index contributed by atoms with van der Waals surface area (Å²) >= 11 is 11.1. The van der Waals surface area contributed by atoms with E-state index in [0.717, 1.165) is 29.2 Å². The number of methoxy groups -OCH3 is 1. The van der Waals surface area contributed by atoms with Crippen molar-refractivity contribution in [2.45, 2.75) is 13.0 Å². The molecule has 0 aliphatic rings. The molecule has 2 aromatic rings. The van der Waals surface area contributed by atoms with E-state index in [4.69, 9.17) is 28.6 Å². The molecule has 1 heterocycles. The van der Waals surface area contributed by atoms with Gasteiger partial charge in [0, 0.05) is 31.5 Å². The number of aromatic nitrogens is 2. The summed E-state index contributed by atoms with van der Waals surface area (Å²) in [5.74, 6) is 0. The van der Waals surface area contributed by atoms with Crippen LogP contribution in [-0.4, -0.2) is 35.2 Å². The van der Waals surface area contributed by atoms with Gasteiger partial charge in [-0.3, -0.25) is 4.68 Å². The molecule has 22 heavy (non-hydrogen) atoms. The van der Waals surface area contributed by atoms with Crippen LogP contribution in [0.15, 0.2) is 36.7 Å². The summed E-state index contributed by atoms with van der Waals surface area (Å²) < 4.78 is 6.83. The van der Waals surface area contributed by atoms with Crippen molar-refractivity contribution in [1.29, 1.82) is 0 Å². The van der Waals surface area contributed by atoms with Crippen LogP contribution in [-0.2, 0) is 11.3 Å². The number of rotatable bonds is 7. The van der Waals surface area contributed by atoms with Crippen LogP contribution < -0.4 is 10.6 Å². The average Bonchev–Trinajstić information content (AvgIpc) is 2.93. The number of nitrogens with one attached hydrogen (secondary N) is 2. The first-order valence-electron chi connectivity index (χ1n) is 6.98. The van der Waals surface area contributed by atoms with Crippen molar-refractivity contribution in [3.05, 3.63) is 47.2 Å². The zero-order valence-corrected chi connectivity index (χ0v) is 14.0. The minimum atomic E-state index is 0.585. The van der Waals surface area contributed by atoms with Gasteiger partial charge in [-0.25, -0.2) is 0 Å². The molecule has 0 bridgehead atoms. The number of hydrogen-bond acceptors (Lipinski definition) is 3. The van der Waals surface area contributed by atoms with Gasteiger partial charge in [-0.05, 0) is 36.3 Å². The smallest absolute Gasteiger partial charge is 0.170 e. The number of halogens is 1. The Morgan fingerprint density at radius 1 is 1.36 bits per heavy atom. The molecule has 0 atom stereocenters. The zero-order valence-electron chi connectivity index (χ0n) is 12.4. The van der Waals surface area contributed by atoms with Crippen molar-refractivity contribution in [2.24, 2.45) is 0 Å². The van der Waals surface area contributed by atoms with E-state index in [2.05, 4.69) is 15.7 Å². The van der Waals surface area contributed by atoms with Crippen LogP contribution in [0.25, 0.3) is 0 Å². The Bertz CT molecular complexity index is 600. The number of anilines is 1. The first-order valence-corrected chi connectivity index (χ1v) is 7.76. The maximum atomic E-state index is 5.88. The Morgan fingerprint density at radius 3 is 2.86 bits per heavy atom. The third-order valence-corrected chi connectivity index (χ3v) is 3.46. The molecule has 1 aromatic carbocycles. The van der Waals surface area contributed by atoms with Gasteiger partial charge >= 0.3 is 0 Å². The molecule has 0 aliphatic carbocycles. The molecule has 118 valence electrons. The summed E-state index contributed by atoms with van der Waals surface area (Å²) in [4.78, 5) is 0. The minimum absolute atomic E-state index is 0.585. The van der Waals surface area contributed by atoms with Crippen LogP contribution in [0.1, 0.15) is 12.0 Å². The van der Waals surface area contributed by atoms with Gasteiger partial charge in [0.1, 0.15) is 0 Å². The fraction of sp³-hybridized carbons (Fsp3) is 0.333. The van der Waals surface area contributed by atoms with Crippen molar-refractivity contribution >= 4 is 34.6 Å². The summed E-state index contributed by atoms with van der Waals surface area (Å²) in [6, 6.07) is 7.72. The Labute approximate surface area is 140 Å². The average molecular weight is 339 g/mol. The van der Waals surface area contributed by atoms with Gasteiger partial charge < -0.3 is 15.4 Å². The molecular formula is C15H19ClN4OS. The maximum Gasteiger partial charge on any atom is 0.170 e. The molecule has 0 unspecified atom stereocenters. The van der Waals surface area contributed by atoms with Gasteiger partial charge in [0.2, 0.25) is 0 Å². The van der Waals surface area contributed by atoms with Crippen molar-refractivity contribution in [1.82, 2.24) is 15.1 Å². The molecule has 0 aliphatic heterocycles. The van der Waals surface area contributed by atoms with Gasteiger partial charge in [-0.15, -0.1) is 0 Å². The molecule has 0 fully saturated rings. The predicted molar refractivity (Wildman–Crippen MR) is 93.5 cm³/mol. The van der Waals surface area contributed by atoms with Crippen molar-refractivity contribution in [3.8, 4) is 0 Å². The van der Waals surface area contributed by atoms with Gasteiger partial charge in [0.25, 0.3) is 0 Å². The summed E-state index contributed by atoms with van der Waals surface area (Å²) in [5.41, 5.74) is 2.00. The number of benzene rings is 1. The molecule has 0 radical (unpaired) electrons. The molecule has 1 aromatic heterocycles. The van der Waals surface area contributed by atoms with E-state index in [0.29, 0.717) is 18.3 Å². The Balaban J connectivity index is 1.80. The van der Waals surface area contributed by atoms with Gasteiger partial charge in [-0.1, -0.05) is 23.7 Å². The lowest BCUT2D eigenvalue weighted by Gasteiger charge is -2.08. The zero-order chi connectivity index (χ0) is 15.8. The SMILES string of the molecule is COCCCNC(=S)Nc1cnn(Cc2ccc(Cl)cc2)c1. The molecular weight excluding hydrogens is 320 g/mol. The normalized spacial score (nSPS) is 10.5. The first-order chi connectivity index (χ1) is 10.7. The van der Waals surface area contributed by atoms with E-state index in [9.17, 15) is 0 Å². The van der Waals surface area contributed by atoms with Crippen LogP contribution in [0.4, 0.5) is 5.69 Å². The quantitative estimate of drug-likeness (QED) is 0.600. The first kappa shape index (κ1) is 16.7. The van der Waals surface area contributed by atoms with Gasteiger partial charge in [0.05, 0.1) is 18.4 Å². The third-order valence-electron chi connectivity index (χ3n) is 2.96. The van der Waals surface area contributed by atoms with E-state index in [-0.39, 0.29) is 0 Å². The van der Waals surface area contributed by atoms with Crippen LogP contribution in [0.2, 0.25) is 5.02 Å². The summed E-state index contributed by atoms with van der Waals surface area (Å²) in [5, 5.41) is 11.9. The van der Waals surface area contributed by atoms with E-state index < -0.39 is 0 Å². The topological polar surface area (TPSA) is 51.1 Å². The second kappa shape index (κ2) is 8.73. The molecule has 5 nitrogen and oxygen atoms in total. The molecule has 2 rings (SSSR count). The molecule has 0 amide bonds. The number of nitrogens with zero attached hydrogens (tertiary/aromatic N) is 2. The Hall–Kier alpha value is -1.63. The standard InChI is InChI=1S/C15H19ClN4OS/c1-21-8-2-7-17-15(22)19-14-9-18-20(11-14)10-12-3-5-13(16)6-4-12/h3-6,9,11H,2,7-8,10H2,1H3,(H2,17,19,22). The minimum Gasteiger partial charge on any atom is -0.385 e. The largest absolute Gasteiger partial charge is 0.385 e. The highest BCUT2D eigenvalue weighted by Gasteiger charge is 2.02. The van der Waals surface area contributed by atoms with Crippen LogP contribution in [0, 0.1) is 0 Å². The highest BCUT2D eigenvalue weighted by molar-refractivity contribution is 7.80. The molecule has 0 spiro atoms. The van der Waals surface area contributed by atoms with E-state index in [1.807, 2.05) is 35.1 Å². The van der Waals surface area contributed by atoms with E-state index >= 15 is 0 Å². The monoisotopic (exact) mass is 338 g/mol. The maximum absolute atomic E-state index is 5.88. The molecule has 7 heteroatoms. The molecule has 0 saturated heterocycles. The second-order valence-corrected chi connectivity index (χ2v) is 5.62. The highest BCUT2D eigenvalue weighted by Crippen LogP contribution is 2.12. The van der Waals surface area contributed by atoms with Gasteiger partial charge in [0.15, 0.2) is 5.11 Å². The summed E-state index contributed by atoms with van der Waals surface area (Å²) in [7, 11) is 1.69. The lowest BCUT2D eigenvalue weighted by atomic mass is 10.2. The number of hydrogen-bond donors (Lipinski definition) is 2. The van der Waals surface area contributed by atoms with Crippen molar-refractivity contribution < 1.29 is 4.74 Å². The lowest BCUT2D eigenvalue weighted by Crippen LogP contribution is -2.29. The fourth-order valence-corrected chi connectivity index (χ4v) is 2.23.